The monoisotopic (exact) mass is 515 g/mol. The number of ether oxygens (including phenoxy) is 1. The van der Waals surface area contributed by atoms with E-state index in [4.69, 9.17) is 9.72 Å². The molecule has 38 heavy (non-hydrogen) atoms. The van der Waals surface area contributed by atoms with Crippen molar-refractivity contribution in [2.45, 2.75) is 44.6 Å². The van der Waals surface area contributed by atoms with E-state index in [2.05, 4.69) is 40.2 Å². The third kappa shape index (κ3) is 4.85. The topological polar surface area (TPSA) is 79.4 Å². The predicted octanol–water partition coefficient (Wildman–Crippen LogP) is 4.50. The molecule has 0 unspecified atom stereocenters. The number of nitrogens with one attached hydrogen (secondary N) is 2. The van der Waals surface area contributed by atoms with Gasteiger partial charge in [0.05, 0.1) is 5.52 Å². The third-order valence-electron chi connectivity index (χ3n) is 8.38. The molecule has 6 rings (SSSR count). The molecule has 8 heteroatoms. The molecule has 1 aromatic heterocycles. The highest BCUT2D eigenvalue weighted by atomic mass is 19.1. The molecule has 1 amide bonds. The lowest BCUT2D eigenvalue weighted by Gasteiger charge is -2.19. The van der Waals surface area contributed by atoms with Gasteiger partial charge in [0.15, 0.2) is 0 Å². The van der Waals surface area contributed by atoms with Crippen LogP contribution in [0.1, 0.15) is 36.8 Å². The van der Waals surface area contributed by atoms with E-state index in [1.165, 1.54) is 36.1 Å². The number of carbonyl (C=O) groups excluding carboxylic acids is 1. The van der Waals surface area contributed by atoms with Gasteiger partial charge in [0, 0.05) is 30.1 Å². The van der Waals surface area contributed by atoms with Gasteiger partial charge in [-0.1, -0.05) is 24.8 Å². The number of aromatic nitrogens is 2. The molecule has 7 nitrogen and oxygen atoms in total. The number of likely N-dealkylation sites (N-methyl/N-ethyl adjacent to an activating group) is 1. The molecule has 1 saturated carbocycles. The van der Waals surface area contributed by atoms with Gasteiger partial charge in [0.25, 0.3) is 0 Å². The molecule has 1 spiro atoms. The smallest absolute Gasteiger partial charge is 0.318 e. The number of hydrogen-bond acceptors (Lipinski definition) is 6. The molecule has 2 aliphatic carbocycles. The Kier molecular flexibility index (Phi) is 6.51. The Labute approximate surface area is 222 Å². The van der Waals surface area contributed by atoms with Crippen LogP contribution in [0.3, 0.4) is 0 Å². The van der Waals surface area contributed by atoms with Gasteiger partial charge in [-0.15, -0.1) is 0 Å². The fraction of sp³-hybridized carbons (Fsp3) is 0.433. The van der Waals surface area contributed by atoms with Crippen molar-refractivity contribution in [1.29, 1.82) is 0 Å². The first-order chi connectivity index (χ1) is 18.4. The Balaban J connectivity index is 1.34. The van der Waals surface area contributed by atoms with Crippen molar-refractivity contribution < 1.29 is 13.9 Å². The van der Waals surface area contributed by atoms with Crippen LogP contribution in [-0.2, 0) is 17.6 Å². The Morgan fingerprint density at radius 2 is 2.11 bits per heavy atom. The van der Waals surface area contributed by atoms with Crippen LogP contribution in [0, 0.1) is 11.2 Å². The minimum absolute atomic E-state index is 0.247. The Bertz CT molecular complexity index is 1400. The fourth-order valence-electron chi connectivity index (χ4n) is 5.97. The van der Waals surface area contributed by atoms with Crippen LogP contribution in [0.5, 0.6) is 6.01 Å². The van der Waals surface area contributed by atoms with Crippen molar-refractivity contribution in [2.24, 2.45) is 5.41 Å². The lowest BCUT2D eigenvalue weighted by Crippen LogP contribution is -2.31. The molecular weight excluding hydrogens is 481 g/mol. The van der Waals surface area contributed by atoms with Gasteiger partial charge in [-0.3, -0.25) is 4.79 Å². The van der Waals surface area contributed by atoms with Crippen molar-refractivity contribution in [1.82, 2.24) is 20.2 Å². The van der Waals surface area contributed by atoms with E-state index in [1.807, 2.05) is 18.2 Å². The number of hydrogen-bond donors (Lipinski definition) is 2. The normalized spacial score (nSPS) is 19.5. The molecule has 1 aliphatic heterocycles. The summed E-state index contributed by atoms with van der Waals surface area (Å²) in [7, 11) is 2.10. The van der Waals surface area contributed by atoms with E-state index in [0.717, 1.165) is 37.8 Å². The van der Waals surface area contributed by atoms with Gasteiger partial charge in [-0.2, -0.15) is 9.97 Å². The van der Waals surface area contributed by atoms with E-state index >= 15 is 4.39 Å². The zero-order valence-corrected chi connectivity index (χ0v) is 21.9. The summed E-state index contributed by atoms with van der Waals surface area (Å²) in [4.78, 5) is 23.1. The zero-order valence-electron chi connectivity index (χ0n) is 21.9. The van der Waals surface area contributed by atoms with Crippen molar-refractivity contribution in [3.05, 3.63) is 59.9 Å². The van der Waals surface area contributed by atoms with E-state index in [1.54, 1.807) is 0 Å². The largest absolute Gasteiger partial charge is 0.462 e. The highest BCUT2D eigenvalue weighted by molar-refractivity contribution is 5.93. The molecular formula is C30H34FN5O2. The maximum atomic E-state index is 15.7. The molecule has 1 atom stereocenters. The maximum absolute atomic E-state index is 15.7. The van der Waals surface area contributed by atoms with Crippen molar-refractivity contribution in [3.63, 3.8) is 0 Å². The average molecular weight is 516 g/mol. The number of amides is 1. The molecule has 2 N–H and O–H groups in total. The van der Waals surface area contributed by atoms with Gasteiger partial charge < -0.3 is 20.3 Å². The minimum atomic E-state index is -0.296. The molecule has 2 fully saturated rings. The summed E-state index contributed by atoms with van der Waals surface area (Å²) >= 11 is 0. The van der Waals surface area contributed by atoms with Crippen LogP contribution in [0.25, 0.3) is 22.0 Å². The van der Waals surface area contributed by atoms with Crippen LogP contribution in [-0.4, -0.2) is 60.1 Å². The summed E-state index contributed by atoms with van der Waals surface area (Å²) < 4.78 is 21.8. The molecule has 0 radical (unpaired) electrons. The van der Waals surface area contributed by atoms with Crippen LogP contribution in [0.4, 0.5) is 10.2 Å². The van der Waals surface area contributed by atoms with E-state index in [-0.39, 0.29) is 17.7 Å². The summed E-state index contributed by atoms with van der Waals surface area (Å²) in [5.74, 6) is -0.0584. The third-order valence-corrected chi connectivity index (χ3v) is 8.38. The number of benzene rings is 2. The lowest BCUT2D eigenvalue weighted by atomic mass is 9.95. The van der Waals surface area contributed by atoms with Gasteiger partial charge in [0.1, 0.15) is 18.2 Å². The number of halogens is 1. The predicted molar refractivity (Wildman–Crippen MR) is 147 cm³/mol. The number of fused-ring (bicyclic) bond motifs is 2. The summed E-state index contributed by atoms with van der Waals surface area (Å²) in [6.07, 6.45) is 8.09. The van der Waals surface area contributed by atoms with Crippen molar-refractivity contribution in [2.75, 3.05) is 38.6 Å². The SMILES string of the molecule is C=CC(=O)NCCNc1nc(OC[C@@H]2CCCN2C)nc2cc(-c3cccc4c3CC3(CC3)C4)c(F)cc12. The number of nitrogens with zero attached hydrogens (tertiary/aromatic N) is 3. The quantitative estimate of drug-likeness (QED) is 0.323. The number of anilines is 1. The first kappa shape index (κ1) is 24.8. The molecule has 3 aliphatic rings. The molecule has 2 aromatic carbocycles. The van der Waals surface area contributed by atoms with Crippen LogP contribution in [0.15, 0.2) is 43.0 Å². The number of rotatable bonds is 9. The van der Waals surface area contributed by atoms with E-state index in [9.17, 15) is 4.79 Å². The molecule has 198 valence electrons. The Morgan fingerprint density at radius 3 is 2.87 bits per heavy atom. The number of likely N-dealkylation sites (tertiary alicyclic amines) is 1. The first-order valence-corrected chi connectivity index (χ1v) is 13.5. The molecule has 0 bridgehead atoms. The lowest BCUT2D eigenvalue weighted by molar-refractivity contribution is -0.116. The molecule has 3 aromatic rings. The average Bonchev–Trinajstić information content (AvgIpc) is 3.36. The summed E-state index contributed by atoms with van der Waals surface area (Å²) in [5, 5.41) is 6.55. The van der Waals surface area contributed by atoms with E-state index in [0.29, 0.717) is 53.4 Å². The standard InChI is InChI=1S/C30H34FN5O2/c1-3-27(37)32-11-12-33-28-23-14-25(31)22(21-8-4-6-19-16-30(9-10-30)17-24(19)21)15-26(23)34-29(35-28)38-18-20-7-5-13-36(20)2/h3-4,6,8,14-15,20H,1,5,7,9-13,16-18H2,2H3,(H,32,37)(H,33,34,35)/t20-/m0/s1. The zero-order chi connectivity index (χ0) is 26.3. The van der Waals surface area contributed by atoms with Crippen LogP contribution >= 0.6 is 0 Å². The van der Waals surface area contributed by atoms with Gasteiger partial charge >= 0.3 is 6.01 Å². The van der Waals surface area contributed by atoms with Crippen LogP contribution < -0.4 is 15.4 Å². The second-order valence-electron chi connectivity index (χ2n) is 11.0. The summed E-state index contributed by atoms with van der Waals surface area (Å²) in [6, 6.07) is 10.2. The maximum Gasteiger partial charge on any atom is 0.318 e. The minimum Gasteiger partial charge on any atom is -0.462 e. The van der Waals surface area contributed by atoms with Gasteiger partial charge in [-0.25, -0.2) is 4.39 Å². The molecule has 1 saturated heterocycles. The highest BCUT2D eigenvalue weighted by Crippen LogP contribution is 2.57. The van der Waals surface area contributed by atoms with Crippen molar-refractivity contribution >= 4 is 22.6 Å². The number of carbonyl (C=O) groups is 1. The second-order valence-corrected chi connectivity index (χ2v) is 11.0. The van der Waals surface area contributed by atoms with Gasteiger partial charge in [0.2, 0.25) is 5.91 Å². The summed E-state index contributed by atoms with van der Waals surface area (Å²) in [6.45, 7) is 5.81. The highest BCUT2D eigenvalue weighted by Gasteiger charge is 2.47. The van der Waals surface area contributed by atoms with E-state index < -0.39 is 0 Å². The Morgan fingerprint density at radius 1 is 1.24 bits per heavy atom. The Hall–Kier alpha value is -3.52. The van der Waals surface area contributed by atoms with Gasteiger partial charge in [-0.05, 0) is 92.4 Å². The first-order valence-electron chi connectivity index (χ1n) is 13.5. The van der Waals surface area contributed by atoms with Crippen molar-refractivity contribution in [3.8, 4) is 17.1 Å². The second kappa shape index (κ2) is 9.98. The molecule has 2 heterocycles. The fourth-order valence-corrected chi connectivity index (χ4v) is 5.97. The van der Waals surface area contributed by atoms with Crippen LogP contribution in [0.2, 0.25) is 0 Å². The summed E-state index contributed by atoms with van der Waals surface area (Å²) in [5.41, 5.74) is 5.17.